The van der Waals surface area contributed by atoms with Gasteiger partial charge in [0.2, 0.25) is 5.91 Å². The minimum atomic E-state index is -0.387. The molecule has 150 valence electrons. The predicted octanol–water partition coefficient (Wildman–Crippen LogP) is 2.22. The monoisotopic (exact) mass is 404 g/mol. The molecule has 0 spiro atoms. The molecule has 0 radical (unpaired) electrons. The zero-order valence-electron chi connectivity index (χ0n) is 16.0. The first-order valence-electron chi connectivity index (χ1n) is 8.99. The summed E-state index contributed by atoms with van der Waals surface area (Å²) >= 11 is 1.34. The molecule has 2 heterocycles. The molecule has 1 N–H and O–H groups in total. The molecule has 0 fully saturated rings. The lowest BCUT2D eigenvalue weighted by Gasteiger charge is -2.26. The summed E-state index contributed by atoms with van der Waals surface area (Å²) in [4.78, 5) is 12.2. The average Bonchev–Trinajstić information content (AvgIpc) is 3.10. The second-order valence-corrected chi connectivity index (χ2v) is 7.46. The number of benzene rings is 1. The predicted molar refractivity (Wildman–Crippen MR) is 106 cm³/mol. The van der Waals surface area contributed by atoms with Crippen molar-refractivity contribution >= 4 is 17.7 Å². The molecule has 3 rings (SSSR count). The van der Waals surface area contributed by atoms with Crippen LogP contribution in [0, 0.1) is 0 Å². The molecule has 1 amide bonds. The standard InChI is InChI=1S/C19H24N4O4S/c1-4-10-23-17(16-12-26-14-7-5-6-8-15(14)27-16)21-22-19(23)28-13(2)18(24)20-9-11-25-3/h4-8,13,16H,1,9-12H2,2-3H3,(H,20,24)/t13-,16+/m1/s1. The van der Waals surface area contributed by atoms with Crippen LogP contribution in [0.3, 0.4) is 0 Å². The number of carbonyl (C=O) groups is 1. The van der Waals surface area contributed by atoms with E-state index in [9.17, 15) is 4.79 Å². The fourth-order valence-electron chi connectivity index (χ4n) is 2.70. The number of allylic oxidation sites excluding steroid dienone is 1. The molecular formula is C19H24N4O4S. The van der Waals surface area contributed by atoms with Crippen molar-refractivity contribution in [2.24, 2.45) is 0 Å². The Balaban J connectivity index is 1.73. The van der Waals surface area contributed by atoms with Gasteiger partial charge in [-0.1, -0.05) is 30.0 Å². The molecule has 1 aliphatic heterocycles. The third-order valence-corrected chi connectivity index (χ3v) is 5.19. The van der Waals surface area contributed by atoms with Crippen LogP contribution in [0.5, 0.6) is 11.5 Å². The number of rotatable bonds is 9. The zero-order valence-corrected chi connectivity index (χ0v) is 16.8. The number of hydrogen-bond acceptors (Lipinski definition) is 7. The van der Waals surface area contributed by atoms with E-state index in [0.29, 0.717) is 48.8 Å². The van der Waals surface area contributed by atoms with Gasteiger partial charge >= 0.3 is 0 Å². The average molecular weight is 404 g/mol. The molecule has 0 bridgehead atoms. The number of ether oxygens (including phenoxy) is 3. The quantitative estimate of drug-likeness (QED) is 0.389. The molecule has 0 saturated carbocycles. The fraction of sp³-hybridized carbons (Fsp3) is 0.421. The van der Waals surface area contributed by atoms with Gasteiger partial charge in [-0.05, 0) is 19.1 Å². The molecule has 9 heteroatoms. The van der Waals surface area contributed by atoms with E-state index < -0.39 is 0 Å². The highest BCUT2D eigenvalue weighted by Crippen LogP contribution is 2.36. The van der Waals surface area contributed by atoms with Gasteiger partial charge in [-0.25, -0.2) is 0 Å². The van der Waals surface area contributed by atoms with Crippen LogP contribution in [0.4, 0.5) is 0 Å². The van der Waals surface area contributed by atoms with Crippen LogP contribution in [0.15, 0.2) is 42.1 Å². The van der Waals surface area contributed by atoms with Crippen LogP contribution in [0.2, 0.25) is 0 Å². The van der Waals surface area contributed by atoms with Crippen LogP contribution in [0.1, 0.15) is 18.9 Å². The lowest BCUT2D eigenvalue weighted by molar-refractivity contribution is -0.120. The fourth-order valence-corrected chi connectivity index (χ4v) is 3.59. The number of carbonyl (C=O) groups excluding carboxylic acids is 1. The molecule has 1 aromatic carbocycles. The number of nitrogens with zero attached hydrogens (tertiary/aromatic N) is 3. The maximum atomic E-state index is 12.2. The molecular weight excluding hydrogens is 380 g/mol. The Hall–Kier alpha value is -2.52. The van der Waals surface area contributed by atoms with E-state index in [2.05, 4.69) is 22.1 Å². The molecule has 8 nitrogen and oxygen atoms in total. The van der Waals surface area contributed by atoms with Gasteiger partial charge in [-0.15, -0.1) is 16.8 Å². The third kappa shape index (κ3) is 4.66. The number of fused-ring (bicyclic) bond motifs is 1. The van der Waals surface area contributed by atoms with E-state index >= 15 is 0 Å². The minimum absolute atomic E-state index is 0.0806. The van der Waals surface area contributed by atoms with E-state index in [4.69, 9.17) is 14.2 Å². The molecule has 2 atom stereocenters. The maximum Gasteiger partial charge on any atom is 0.233 e. The van der Waals surface area contributed by atoms with Gasteiger partial charge in [0.1, 0.15) is 6.61 Å². The van der Waals surface area contributed by atoms with Gasteiger partial charge in [-0.2, -0.15) is 0 Å². The Labute approximate surface area is 168 Å². The summed E-state index contributed by atoms with van der Waals surface area (Å²) in [6, 6.07) is 7.52. The SMILES string of the molecule is C=CCn1c(S[C@H](C)C(=O)NCCOC)nnc1[C@@H]1COc2ccccc2O1. The number of aromatic nitrogens is 3. The number of nitrogens with one attached hydrogen (secondary N) is 1. The highest BCUT2D eigenvalue weighted by atomic mass is 32.2. The van der Waals surface area contributed by atoms with Crippen LogP contribution in [-0.2, 0) is 16.1 Å². The van der Waals surface area contributed by atoms with Crippen molar-refractivity contribution in [1.82, 2.24) is 20.1 Å². The van der Waals surface area contributed by atoms with Crippen LogP contribution >= 0.6 is 11.8 Å². The summed E-state index contributed by atoms with van der Waals surface area (Å²) in [5.41, 5.74) is 0. The van der Waals surface area contributed by atoms with Gasteiger partial charge in [-0.3, -0.25) is 9.36 Å². The molecule has 28 heavy (non-hydrogen) atoms. The lowest BCUT2D eigenvalue weighted by Crippen LogP contribution is -2.33. The Morgan fingerprint density at radius 1 is 1.46 bits per heavy atom. The van der Waals surface area contributed by atoms with Crippen molar-refractivity contribution in [3.05, 3.63) is 42.7 Å². The van der Waals surface area contributed by atoms with Crippen molar-refractivity contribution in [3.63, 3.8) is 0 Å². The van der Waals surface area contributed by atoms with Crippen molar-refractivity contribution in [2.75, 3.05) is 26.9 Å². The largest absolute Gasteiger partial charge is 0.485 e. The Kier molecular flexibility index (Phi) is 6.94. The number of methoxy groups -OCH3 is 1. The molecule has 0 unspecified atom stereocenters. The van der Waals surface area contributed by atoms with Gasteiger partial charge in [0.15, 0.2) is 28.6 Å². The topological polar surface area (TPSA) is 87.5 Å². The number of para-hydroxylation sites is 2. The molecule has 1 aromatic heterocycles. The highest BCUT2D eigenvalue weighted by Gasteiger charge is 2.29. The summed E-state index contributed by atoms with van der Waals surface area (Å²) < 4.78 is 18.7. The Morgan fingerprint density at radius 3 is 3.00 bits per heavy atom. The zero-order chi connectivity index (χ0) is 19.9. The first-order chi connectivity index (χ1) is 13.6. The number of hydrogen-bond donors (Lipinski definition) is 1. The molecule has 1 aliphatic rings. The minimum Gasteiger partial charge on any atom is -0.485 e. The van der Waals surface area contributed by atoms with E-state index in [1.54, 1.807) is 13.2 Å². The highest BCUT2D eigenvalue weighted by molar-refractivity contribution is 8.00. The van der Waals surface area contributed by atoms with Crippen molar-refractivity contribution in [1.29, 1.82) is 0 Å². The smallest absolute Gasteiger partial charge is 0.233 e. The number of amides is 1. The van der Waals surface area contributed by atoms with Crippen molar-refractivity contribution in [2.45, 2.75) is 30.0 Å². The Bertz CT molecular complexity index is 826. The van der Waals surface area contributed by atoms with Gasteiger partial charge in [0.05, 0.1) is 11.9 Å². The first kappa shape index (κ1) is 20.2. The van der Waals surface area contributed by atoms with Gasteiger partial charge in [0.25, 0.3) is 0 Å². The van der Waals surface area contributed by atoms with E-state index in [1.807, 2.05) is 35.8 Å². The maximum absolute atomic E-state index is 12.2. The molecule has 0 aliphatic carbocycles. The normalized spacial score (nSPS) is 16.4. The van der Waals surface area contributed by atoms with E-state index in [0.717, 1.165) is 0 Å². The second-order valence-electron chi connectivity index (χ2n) is 6.15. The summed E-state index contributed by atoms with van der Waals surface area (Å²) in [5, 5.41) is 11.7. The van der Waals surface area contributed by atoms with E-state index in [-0.39, 0.29) is 17.3 Å². The third-order valence-electron chi connectivity index (χ3n) is 4.11. The summed E-state index contributed by atoms with van der Waals surface area (Å²) in [6.07, 6.45) is 1.38. The number of thioether (sulfide) groups is 1. The van der Waals surface area contributed by atoms with Crippen LogP contribution in [0.25, 0.3) is 0 Å². The van der Waals surface area contributed by atoms with Crippen molar-refractivity contribution in [3.8, 4) is 11.5 Å². The van der Waals surface area contributed by atoms with Crippen LogP contribution < -0.4 is 14.8 Å². The lowest BCUT2D eigenvalue weighted by atomic mass is 10.2. The van der Waals surface area contributed by atoms with Gasteiger partial charge in [0, 0.05) is 20.2 Å². The summed E-state index contributed by atoms with van der Waals surface area (Å²) in [7, 11) is 1.60. The van der Waals surface area contributed by atoms with Crippen LogP contribution in [-0.4, -0.2) is 52.8 Å². The van der Waals surface area contributed by atoms with E-state index in [1.165, 1.54) is 11.8 Å². The molecule has 0 saturated heterocycles. The van der Waals surface area contributed by atoms with Crippen molar-refractivity contribution < 1.29 is 19.0 Å². The summed E-state index contributed by atoms with van der Waals surface area (Å²) in [5.74, 6) is 1.95. The second kappa shape index (κ2) is 9.61. The summed E-state index contributed by atoms with van der Waals surface area (Å²) in [6.45, 7) is 7.43. The first-order valence-corrected chi connectivity index (χ1v) is 9.87. The molecule has 2 aromatic rings. The van der Waals surface area contributed by atoms with Gasteiger partial charge < -0.3 is 19.5 Å². The Morgan fingerprint density at radius 2 is 2.25 bits per heavy atom.